The summed E-state index contributed by atoms with van der Waals surface area (Å²) in [5.74, 6) is 1.65. The molecular weight excluding hydrogens is 478 g/mol. The van der Waals surface area contributed by atoms with Crippen LogP contribution in [0.4, 0.5) is 5.69 Å². The molecule has 0 unspecified atom stereocenters. The number of nitrogens with zero attached hydrogens (tertiary/aromatic N) is 2. The largest absolute Gasteiger partial charge is 0.489 e. The molecular formula is C28H20ClN3O4. The van der Waals surface area contributed by atoms with Gasteiger partial charge in [-0.2, -0.15) is 0 Å². The summed E-state index contributed by atoms with van der Waals surface area (Å²) < 4.78 is 12.1. The third kappa shape index (κ3) is 4.03. The number of rotatable bonds is 4. The van der Waals surface area contributed by atoms with E-state index in [2.05, 4.69) is 9.97 Å². The van der Waals surface area contributed by atoms with Crippen molar-refractivity contribution in [1.82, 2.24) is 9.97 Å². The molecule has 1 aliphatic heterocycles. The van der Waals surface area contributed by atoms with E-state index in [1.807, 2.05) is 36.4 Å². The molecule has 8 heteroatoms. The highest BCUT2D eigenvalue weighted by Gasteiger charge is 2.24. The highest BCUT2D eigenvalue weighted by molar-refractivity contribution is 6.30. The van der Waals surface area contributed by atoms with Gasteiger partial charge in [0.05, 0.1) is 24.0 Å². The molecule has 3 aromatic carbocycles. The average Bonchev–Trinajstić information content (AvgIpc) is 2.89. The number of ether oxygens (including phenoxy) is 2. The number of carbonyl (C=O) groups excluding carboxylic acids is 1. The first kappa shape index (κ1) is 22.1. The molecule has 0 saturated carbocycles. The fourth-order valence-corrected chi connectivity index (χ4v) is 4.61. The smallest absolute Gasteiger partial charge is 0.257 e. The number of fused-ring (bicyclic) bond motifs is 4. The van der Waals surface area contributed by atoms with Crippen molar-refractivity contribution in [3.63, 3.8) is 0 Å². The van der Waals surface area contributed by atoms with Crippen molar-refractivity contribution in [2.24, 2.45) is 0 Å². The topological polar surface area (TPSA) is 84.5 Å². The zero-order chi connectivity index (χ0) is 24.6. The van der Waals surface area contributed by atoms with Crippen LogP contribution >= 0.6 is 11.6 Å². The molecule has 7 nitrogen and oxygen atoms in total. The first-order chi connectivity index (χ1) is 17.6. The summed E-state index contributed by atoms with van der Waals surface area (Å²) in [5, 5.41) is 2.67. The number of hydrogen-bond donors (Lipinski definition) is 1. The molecule has 0 aliphatic carbocycles. The molecule has 1 amide bonds. The predicted molar refractivity (Wildman–Crippen MR) is 139 cm³/mol. The summed E-state index contributed by atoms with van der Waals surface area (Å²) in [4.78, 5) is 34.4. The molecule has 3 heterocycles. The van der Waals surface area contributed by atoms with Crippen LogP contribution in [-0.2, 0) is 11.2 Å². The van der Waals surface area contributed by atoms with E-state index in [1.165, 1.54) is 0 Å². The summed E-state index contributed by atoms with van der Waals surface area (Å²) in [6, 6.07) is 21.8. The minimum Gasteiger partial charge on any atom is -0.489 e. The molecule has 0 fully saturated rings. The molecule has 36 heavy (non-hydrogen) atoms. The van der Waals surface area contributed by atoms with Crippen LogP contribution < -0.4 is 19.9 Å². The summed E-state index contributed by atoms with van der Waals surface area (Å²) in [6.45, 7) is 0.848. The minimum absolute atomic E-state index is 0.0221. The van der Waals surface area contributed by atoms with Gasteiger partial charge in [-0.05, 0) is 42.0 Å². The molecule has 1 aliphatic rings. The zero-order valence-electron chi connectivity index (χ0n) is 19.0. The van der Waals surface area contributed by atoms with Gasteiger partial charge in [-0.3, -0.25) is 9.59 Å². The van der Waals surface area contributed by atoms with E-state index >= 15 is 0 Å². The van der Waals surface area contributed by atoms with E-state index in [9.17, 15) is 9.59 Å². The van der Waals surface area contributed by atoms with Gasteiger partial charge in [-0.1, -0.05) is 41.9 Å². The Kier molecular flexibility index (Phi) is 5.54. The number of halogens is 1. The monoisotopic (exact) mass is 497 g/mol. The fourth-order valence-electron chi connectivity index (χ4n) is 4.48. The van der Waals surface area contributed by atoms with Crippen molar-refractivity contribution in [3.05, 3.63) is 99.9 Å². The summed E-state index contributed by atoms with van der Waals surface area (Å²) in [7, 11) is 0. The van der Waals surface area contributed by atoms with Gasteiger partial charge in [0, 0.05) is 28.1 Å². The van der Waals surface area contributed by atoms with Crippen molar-refractivity contribution in [2.45, 2.75) is 6.42 Å². The highest BCUT2D eigenvalue weighted by Crippen LogP contribution is 2.38. The maximum absolute atomic E-state index is 13.1. The van der Waals surface area contributed by atoms with Crippen molar-refractivity contribution >= 4 is 45.0 Å². The molecule has 2 aromatic heterocycles. The zero-order valence-corrected chi connectivity index (χ0v) is 19.8. The van der Waals surface area contributed by atoms with Gasteiger partial charge < -0.3 is 19.4 Å². The SMILES string of the molecule is O=C(Cc1ccc(Cl)cc1)N1CCOc2cc(Oc3ccnc4[nH]c(=O)c5ccccc5c34)ccc21. The van der Waals surface area contributed by atoms with E-state index in [0.717, 1.165) is 10.9 Å². The Morgan fingerprint density at radius 2 is 1.86 bits per heavy atom. The van der Waals surface area contributed by atoms with Crippen molar-refractivity contribution in [3.8, 4) is 17.2 Å². The van der Waals surface area contributed by atoms with Crippen LogP contribution in [-0.4, -0.2) is 29.0 Å². The predicted octanol–water partition coefficient (Wildman–Crippen LogP) is 5.49. The minimum atomic E-state index is -0.201. The number of pyridine rings is 2. The van der Waals surface area contributed by atoms with E-state index < -0.39 is 0 Å². The van der Waals surface area contributed by atoms with Crippen LogP contribution in [0.3, 0.4) is 0 Å². The third-order valence-electron chi connectivity index (χ3n) is 6.18. The molecule has 178 valence electrons. The van der Waals surface area contributed by atoms with Crippen molar-refractivity contribution in [2.75, 3.05) is 18.1 Å². The number of carbonyl (C=O) groups is 1. The van der Waals surface area contributed by atoms with Gasteiger partial charge in [0.1, 0.15) is 29.5 Å². The number of hydrogen-bond acceptors (Lipinski definition) is 5. The molecule has 5 aromatic rings. The Bertz CT molecular complexity index is 1680. The molecule has 6 rings (SSSR count). The van der Waals surface area contributed by atoms with E-state index in [-0.39, 0.29) is 17.9 Å². The first-order valence-corrected chi connectivity index (χ1v) is 11.8. The lowest BCUT2D eigenvalue weighted by Gasteiger charge is -2.30. The Hall–Kier alpha value is -4.36. The average molecular weight is 498 g/mol. The van der Waals surface area contributed by atoms with E-state index in [4.69, 9.17) is 21.1 Å². The molecule has 1 N–H and O–H groups in total. The maximum Gasteiger partial charge on any atom is 0.257 e. The molecule has 0 bridgehead atoms. The second kappa shape index (κ2) is 9.02. The van der Waals surface area contributed by atoms with Crippen LogP contribution in [0.1, 0.15) is 5.56 Å². The summed E-state index contributed by atoms with van der Waals surface area (Å²) in [5.41, 5.74) is 1.84. The van der Waals surface area contributed by atoms with Crippen LogP contribution in [0, 0.1) is 0 Å². The number of aromatic nitrogens is 2. The molecule has 0 spiro atoms. The highest BCUT2D eigenvalue weighted by atomic mass is 35.5. The van der Waals surface area contributed by atoms with Gasteiger partial charge in [0.25, 0.3) is 5.56 Å². The van der Waals surface area contributed by atoms with Gasteiger partial charge >= 0.3 is 0 Å². The molecule has 0 atom stereocenters. The lowest BCUT2D eigenvalue weighted by Crippen LogP contribution is -2.38. The van der Waals surface area contributed by atoms with Crippen LogP contribution in [0.25, 0.3) is 21.8 Å². The van der Waals surface area contributed by atoms with Crippen molar-refractivity contribution < 1.29 is 14.3 Å². The van der Waals surface area contributed by atoms with Crippen LogP contribution in [0.5, 0.6) is 17.2 Å². The van der Waals surface area contributed by atoms with Crippen molar-refractivity contribution in [1.29, 1.82) is 0 Å². The normalized spacial score (nSPS) is 12.9. The third-order valence-corrected chi connectivity index (χ3v) is 6.43. The first-order valence-electron chi connectivity index (χ1n) is 11.5. The number of aromatic amines is 1. The van der Waals surface area contributed by atoms with E-state index in [0.29, 0.717) is 57.5 Å². The lowest BCUT2D eigenvalue weighted by molar-refractivity contribution is -0.118. The molecule has 0 saturated heterocycles. The standard InChI is InChI=1S/C28H20ClN3O4/c29-18-7-5-17(6-8-18)15-25(33)32-13-14-35-24-16-19(9-10-22(24)32)36-23-11-12-30-27-26(23)20-3-1-2-4-21(20)28(34)31-27/h1-12,16H,13-15H2,(H,30,31,34). The number of anilines is 1. The van der Waals surface area contributed by atoms with Gasteiger partial charge in [-0.15, -0.1) is 0 Å². The molecule has 0 radical (unpaired) electrons. The Morgan fingerprint density at radius 1 is 1.06 bits per heavy atom. The Labute approximate surface area is 210 Å². The fraction of sp³-hybridized carbons (Fsp3) is 0.107. The Morgan fingerprint density at radius 3 is 2.69 bits per heavy atom. The maximum atomic E-state index is 13.1. The number of benzene rings is 3. The number of H-pyrrole nitrogens is 1. The van der Waals surface area contributed by atoms with Crippen LogP contribution in [0.15, 0.2) is 83.8 Å². The Balaban J connectivity index is 1.32. The second-order valence-corrected chi connectivity index (χ2v) is 8.90. The summed E-state index contributed by atoms with van der Waals surface area (Å²) >= 11 is 5.96. The van der Waals surface area contributed by atoms with Gasteiger partial charge in [0.15, 0.2) is 0 Å². The summed E-state index contributed by atoms with van der Waals surface area (Å²) in [6.07, 6.45) is 1.86. The number of amides is 1. The van der Waals surface area contributed by atoms with Gasteiger partial charge in [-0.25, -0.2) is 4.98 Å². The van der Waals surface area contributed by atoms with E-state index in [1.54, 1.807) is 47.5 Å². The van der Waals surface area contributed by atoms with Gasteiger partial charge in [0.2, 0.25) is 5.91 Å². The second-order valence-electron chi connectivity index (χ2n) is 8.46. The quantitative estimate of drug-likeness (QED) is 0.332. The number of nitrogens with one attached hydrogen (secondary N) is 1. The lowest BCUT2D eigenvalue weighted by atomic mass is 10.1. The van der Waals surface area contributed by atoms with Crippen LogP contribution in [0.2, 0.25) is 5.02 Å².